The van der Waals surface area contributed by atoms with Gasteiger partial charge in [0.15, 0.2) is 0 Å². The molecule has 1 fully saturated rings. The highest BCUT2D eigenvalue weighted by molar-refractivity contribution is 9.09. The van der Waals surface area contributed by atoms with E-state index in [4.69, 9.17) is 4.74 Å². The monoisotopic (exact) mass is 324 g/mol. The molecule has 0 spiro atoms. The average Bonchev–Trinajstić information content (AvgIpc) is 2.77. The summed E-state index contributed by atoms with van der Waals surface area (Å²) in [6, 6.07) is 8.64. The normalized spacial score (nSPS) is 19.7. The van der Waals surface area contributed by atoms with Gasteiger partial charge in [0, 0.05) is 16.6 Å². The Hall–Kier alpha value is -0.380. The maximum absolute atomic E-state index is 5.73. The van der Waals surface area contributed by atoms with Gasteiger partial charge in [-0.2, -0.15) is 0 Å². The molecule has 96 valence electrons. The molecule has 3 heteroatoms. The largest absolute Gasteiger partial charge is 0.378 e. The summed E-state index contributed by atoms with van der Waals surface area (Å²) in [7, 11) is 1.85. The lowest BCUT2D eigenvalue weighted by Crippen LogP contribution is -2.39. The fourth-order valence-electron chi connectivity index (χ4n) is 2.74. The topological polar surface area (TPSA) is 9.23 Å². The predicted octanol–water partition coefficient (Wildman–Crippen LogP) is 5.30. The summed E-state index contributed by atoms with van der Waals surface area (Å²) < 4.78 is 7.10. The number of hydrogen-bond donors (Lipinski definition) is 0. The van der Waals surface area contributed by atoms with E-state index < -0.39 is 0 Å². The van der Waals surface area contributed by atoms with E-state index >= 15 is 0 Å². The highest BCUT2D eigenvalue weighted by Gasteiger charge is 2.39. The Morgan fingerprint density at radius 2 is 2.17 bits per heavy atom. The molecule has 1 aliphatic rings. The molecule has 0 bridgehead atoms. The number of alkyl halides is 1. The van der Waals surface area contributed by atoms with Crippen molar-refractivity contribution >= 4 is 37.4 Å². The Morgan fingerprint density at radius 3 is 2.83 bits per heavy atom. The third-order valence-electron chi connectivity index (χ3n) is 4.10. The maximum Gasteiger partial charge on any atom is 0.0692 e. The minimum Gasteiger partial charge on any atom is -0.378 e. The molecule has 1 unspecified atom stereocenters. The number of rotatable bonds is 4. The summed E-state index contributed by atoms with van der Waals surface area (Å²) >= 11 is 5.69. The van der Waals surface area contributed by atoms with Gasteiger partial charge in [0.1, 0.15) is 0 Å². The number of methoxy groups -OCH3 is 1. The van der Waals surface area contributed by atoms with Crippen LogP contribution in [0.15, 0.2) is 29.6 Å². The Morgan fingerprint density at radius 1 is 1.39 bits per heavy atom. The molecule has 1 aromatic carbocycles. The lowest BCUT2D eigenvalue weighted by atomic mass is 9.76. The minimum atomic E-state index is 0.122. The molecule has 1 heterocycles. The van der Waals surface area contributed by atoms with Crippen LogP contribution in [0, 0.1) is 0 Å². The Bertz CT molecular complexity index is 539. The Kier molecular flexibility index (Phi) is 3.48. The van der Waals surface area contributed by atoms with Crippen molar-refractivity contribution in [1.29, 1.82) is 0 Å². The Labute approximate surface area is 120 Å². The quantitative estimate of drug-likeness (QED) is 0.694. The number of benzene rings is 1. The molecule has 1 aliphatic carbocycles. The minimum absolute atomic E-state index is 0.122. The van der Waals surface area contributed by atoms with E-state index in [0.717, 1.165) is 6.42 Å². The van der Waals surface area contributed by atoms with E-state index in [-0.39, 0.29) is 5.60 Å². The van der Waals surface area contributed by atoms with Crippen LogP contribution in [-0.4, -0.2) is 12.7 Å². The fourth-order valence-corrected chi connectivity index (χ4v) is 4.90. The molecule has 0 saturated heterocycles. The maximum atomic E-state index is 5.73. The lowest BCUT2D eigenvalue weighted by Gasteiger charge is -2.41. The molecule has 0 amide bonds. The highest BCUT2D eigenvalue weighted by atomic mass is 79.9. The van der Waals surface area contributed by atoms with E-state index in [1.54, 1.807) is 0 Å². The highest BCUT2D eigenvalue weighted by Crippen LogP contribution is 2.46. The first-order valence-electron chi connectivity index (χ1n) is 6.39. The van der Waals surface area contributed by atoms with E-state index in [0.29, 0.717) is 4.83 Å². The summed E-state index contributed by atoms with van der Waals surface area (Å²) in [6.45, 7) is 0. The number of fused-ring (bicyclic) bond motifs is 1. The number of halogens is 1. The molecular formula is C15H17BrOS. The smallest absolute Gasteiger partial charge is 0.0692 e. The van der Waals surface area contributed by atoms with Gasteiger partial charge in [-0.05, 0) is 48.1 Å². The van der Waals surface area contributed by atoms with Crippen molar-refractivity contribution in [3.8, 4) is 0 Å². The van der Waals surface area contributed by atoms with E-state index in [9.17, 15) is 0 Å². The van der Waals surface area contributed by atoms with Crippen LogP contribution >= 0.6 is 27.3 Å². The van der Waals surface area contributed by atoms with E-state index in [1.165, 1.54) is 34.9 Å². The number of hydrogen-bond acceptors (Lipinski definition) is 2. The van der Waals surface area contributed by atoms with E-state index in [2.05, 4.69) is 45.6 Å². The second-order valence-corrected chi connectivity index (χ2v) is 7.12. The van der Waals surface area contributed by atoms with Crippen LogP contribution in [0.4, 0.5) is 0 Å². The molecule has 0 radical (unpaired) electrons. The van der Waals surface area contributed by atoms with Crippen LogP contribution in [-0.2, 0) is 4.74 Å². The molecule has 0 aliphatic heterocycles. The Balaban J connectivity index is 1.85. The van der Waals surface area contributed by atoms with Crippen LogP contribution < -0.4 is 0 Å². The third kappa shape index (κ3) is 2.13. The van der Waals surface area contributed by atoms with Gasteiger partial charge < -0.3 is 4.74 Å². The molecule has 0 N–H and O–H groups in total. The number of thiophene rings is 1. The van der Waals surface area contributed by atoms with Gasteiger partial charge in [0.05, 0.1) is 5.60 Å². The van der Waals surface area contributed by atoms with E-state index in [1.807, 2.05) is 18.4 Å². The molecule has 1 nitrogen and oxygen atoms in total. The van der Waals surface area contributed by atoms with Gasteiger partial charge >= 0.3 is 0 Å². The lowest BCUT2D eigenvalue weighted by molar-refractivity contribution is -0.0772. The van der Waals surface area contributed by atoms with Crippen molar-refractivity contribution in [3.05, 3.63) is 35.2 Å². The van der Waals surface area contributed by atoms with Crippen molar-refractivity contribution in [2.24, 2.45) is 0 Å². The van der Waals surface area contributed by atoms with Crippen molar-refractivity contribution in [2.75, 3.05) is 7.11 Å². The second-order valence-electron chi connectivity index (χ2n) is 5.10. The van der Waals surface area contributed by atoms with Crippen LogP contribution in [0.3, 0.4) is 0 Å². The first-order chi connectivity index (χ1) is 8.74. The first-order valence-corrected chi connectivity index (χ1v) is 8.19. The molecule has 2 aromatic rings. The molecule has 1 aromatic heterocycles. The van der Waals surface area contributed by atoms with Crippen molar-refractivity contribution < 1.29 is 4.74 Å². The molecular weight excluding hydrogens is 308 g/mol. The predicted molar refractivity (Wildman–Crippen MR) is 81.7 cm³/mol. The zero-order valence-corrected chi connectivity index (χ0v) is 12.9. The summed E-state index contributed by atoms with van der Waals surface area (Å²) in [5, 5.41) is 3.67. The SMILES string of the molecule is COC1(CC(Br)c2csc3ccccc23)CCC1. The van der Waals surface area contributed by atoms with Gasteiger partial charge in [0.25, 0.3) is 0 Å². The third-order valence-corrected chi connectivity index (χ3v) is 5.90. The number of ether oxygens (including phenoxy) is 1. The van der Waals surface area contributed by atoms with Crippen LogP contribution in [0.5, 0.6) is 0 Å². The van der Waals surface area contributed by atoms with Crippen LogP contribution in [0.1, 0.15) is 36.1 Å². The van der Waals surface area contributed by atoms with Crippen molar-refractivity contribution in [3.63, 3.8) is 0 Å². The van der Waals surface area contributed by atoms with Gasteiger partial charge in [-0.3, -0.25) is 0 Å². The van der Waals surface area contributed by atoms with Crippen LogP contribution in [0.25, 0.3) is 10.1 Å². The molecule has 18 heavy (non-hydrogen) atoms. The average molecular weight is 325 g/mol. The summed E-state index contributed by atoms with van der Waals surface area (Å²) in [4.78, 5) is 0.397. The summed E-state index contributed by atoms with van der Waals surface area (Å²) in [6.07, 6.45) is 4.78. The van der Waals surface area contributed by atoms with Crippen molar-refractivity contribution in [1.82, 2.24) is 0 Å². The van der Waals surface area contributed by atoms with Crippen LogP contribution in [0.2, 0.25) is 0 Å². The molecule has 1 saturated carbocycles. The molecule has 1 atom stereocenters. The summed E-state index contributed by atoms with van der Waals surface area (Å²) in [5.74, 6) is 0. The van der Waals surface area contributed by atoms with Gasteiger partial charge in [0.2, 0.25) is 0 Å². The van der Waals surface area contributed by atoms with Gasteiger partial charge in [-0.25, -0.2) is 0 Å². The van der Waals surface area contributed by atoms with Gasteiger partial charge in [-0.1, -0.05) is 34.1 Å². The zero-order chi connectivity index (χ0) is 12.6. The van der Waals surface area contributed by atoms with Crippen molar-refractivity contribution in [2.45, 2.75) is 36.1 Å². The fraction of sp³-hybridized carbons (Fsp3) is 0.467. The summed E-state index contributed by atoms with van der Waals surface area (Å²) in [5.41, 5.74) is 1.54. The second kappa shape index (κ2) is 4.95. The first kappa shape index (κ1) is 12.6. The zero-order valence-electron chi connectivity index (χ0n) is 10.5. The standard InChI is InChI=1S/C15H17BrOS/c1-17-15(7-4-8-15)9-13(16)12-10-18-14-6-3-2-5-11(12)14/h2-3,5-6,10,13H,4,7-9H2,1H3. The molecule has 3 rings (SSSR count). The van der Waals surface area contributed by atoms with Gasteiger partial charge in [-0.15, -0.1) is 11.3 Å².